The molecule has 0 spiro atoms. The number of methoxy groups -OCH3 is 1. The first-order valence-corrected chi connectivity index (χ1v) is 9.67. The molecule has 0 bridgehead atoms. The van der Waals surface area contributed by atoms with Gasteiger partial charge < -0.3 is 9.47 Å². The summed E-state index contributed by atoms with van der Waals surface area (Å²) in [7, 11) is 1.45. The second-order valence-electron chi connectivity index (χ2n) is 6.63. The molecule has 0 aromatic heterocycles. The Morgan fingerprint density at radius 3 is 2.47 bits per heavy atom. The van der Waals surface area contributed by atoms with Gasteiger partial charge in [-0.25, -0.2) is 9.69 Å². The summed E-state index contributed by atoms with van der Waals surface area (Å²) >= 11 is 5.97. The minimum atomic E-state index is -1.09. The van der Waals surface area contributed by atoms with Gasteiger partial charge >= 0.3 is 5.97 Å². The van der Waals surface area contributed by atoms with E-state index in [-0.39, 0.29) is 12.3 Å². The van der Waals surface area contributed by atoms with Crippen LogP contribution >= 0.6 is 11.6 Å². The molecule has 0 radical (unpaired) electrons. The first-order valence-electron chi connectivity index (χ1n) is 9.29. The SMILES string of the molecule is CCOC(=O)C1=NN(c2ccc(Cl)cc2)[C@H]2C(=O)N(c3ccccc3OC)C(=O)[C@H]12. The van der Waals surface area contributed by atoms with Crippen LogP contribution in [0.3, 0.4) is 0 Å². The number of fused-ring (bicyclic) bond motifs is 1. The molecule has 4 rings (SSSR count). The van der Waals surface area contributed by atoms with E-state index in [1.807, 2.05) is 0 Å². The second kappa shape index (κ2) is 7.79. The maximum atomic E-state index is 13.4. The zero-order valence-corrected chi connectivity index (χ0v) is 17.0. The number of esters is 1. The minimum Gasteiger partial charge on any atom is -0.495 e. The number of hydrazone groups is 1. The monoisotopic (exact) mass is 427 g/mol. The van der Waals surface area contributed by atoms with Crippen molar-refractivity contribution in [3.8, 4) is 5.75 Å². The summed E-state index contributed by atoms with van der Waals surface area (Å²) in [5.74, 6) is -2.51. The fraction of sp³-hybridized carbons (Fsp3) is 0.238. The maximum Gasteiger partial charge on any atom is 0.355 e. The van der Waals surface area contributed by atoms with Crippen LogP contribution in [-0.2, 0) is 19.1 Å². The molecule has 2 heterocycles. The predicted molar refractivity (Wildman–Crippen MR) is 111 cm³/mol. The molecule has 0 aliphatic carbocycles. The van der Waals surface area contributed by atoms with Crippen molar-refractivity contribution in [3.05, 3.63) is 53.6 Å². The Kier molecular flexibility index (Phi) is 5.17. The smallest absolute Gasteiger partial charge is 0.355 e. The molecular weight excluding hydrogens is 410 g/mol. The van der Waals surface area contributed by atoms with E-state index in [9.17, 15) is 14.4 Å². The summed E-state index contributed by atoms with van der Waals surface area (Å²) in [4.78, 5) is 40.3. The number of rotatable bonds is 5. The van der Waals surface area contributed by atoms with Gasteiger partial charge in [0.2, 0.25) is 5.91 Å². The third-order valence-electron chi connectivity index (χ3n) is 4.95. The van der Waals surface area contributed by atoms with Gasteiger partial charge in [0.25, 0.3) is 5.91 Å². The number of hydrogen-bond donors (Lipinski definition) is 0. The van der Waals surface area contributed by atoms with Gasteiger partial charge in [0.05, 0.1) is 25.1 Å². The van der Waals surface area contributed by atoms with Gasteiger partial charge in [-0.15, -0.1) is 0 Å². The molecule has 2 aromatic rings. The van der Waals surface area contributed by atoms with E-state index < -0.39 is 29.7 Å². The topological polar surface area (TPSA) is 88.5 Å². The van der Waals surface area contributed by atoms with E-state index >= 15 is 0 Å². The molecule has 9 heteroatoms. The fourth-order valence-electron chi connectivity index (χ4n) is 3.65. The lowest BCUT2D eigenvalue weighted by Crippen LogP contribution is -2.39. The summed E-state index contributed by atoms with van der Waals surface area (Å²) in [5, 5.41) is 6.18. The number of ether oxygens (including phenoxy) is 2. The van der Waals surface area contributed by atoms with E-state index in [1.165, 1.54) is 12.1 Å². The lowest BCUT2D eigenvalue weighted by atomic mass is 9.98. The third kappa shape index (κ3) is 3.09. The Bertz CT molecular complexity index is 1050. The molecular formula is C21H18ClN3O5. The number of amides is 2. The van der Waals surface area contributed by atoms with E-state index in [1.54, 1.807) is 55.5 Å². The highest BCUT2D eigenvalue weighted by atomic mass is 35.5. The van der Waals surface area contributed by atoms with Crippen LogP contribution in [0.1, 0.15) is 6.92 Å². The van der Waals surface area contributed by atoms with Crippen LogP contribution in [0.15, 0.2) is 53.6 Å². The van der Waals surface area contributed by atoms with Crippen molar-refractivity contribution in [1.29, 1.82) is 0 Å². The Balaban J connectivity index is 1.81. The highest BCUT2D eigenvalue weighted by molar-refractivity contribution is 6.47. The number of imide groups is 1. The standard InChI is InChI=1S/C21H18ClN3O5/c1-3-30-21(28)17-16-18(25(23-17)13-10-8-12(22)9-11-13)20(27)24(19(16)26)14-6-4-5-7-15(14)29-2/h4-11,16,18H,3H2,1-2H3/t16-,18-/m1/s1. The van der Waals surface area contributed by atoms with Crippen molar-refractivity contribution in [1.82, 2.24) is 0 Å². The van der Waals surface area contributed by atoms with Crippen molar-refractivity contribution in [2.45, 2.75) is 13.0 Å². The van der Waals surface area contributed by atoms with Gasteiger partial charge in [-0.1, -0.05) is 23.7 Å². The number of halogens is 1. The lowest BCUT2D eigenvalue weighted by Gasteiger charge is -2.22. The molecule has 2 amide bonds. The number of anilines is 2. The van der Waals surface area contributed by atoms with Gasteiger partial charge in [-0.05, 0) is 43.3 Å². The number of para-hydroxylation sites is 2. The molecule has 8 nitrogen and oxygen atoms in total. The Labute approximate surface area is 177 Å². The molecule has 1 fully saturated rings. The lowest BCUT2D eigenvalue weighted by molar-refractivity contribution is -0.136. The second-order valence-corrected chi connectivity index (χ2v) is 7.07. The Morgan fingerprint density at radius 1 is 1.10 bits per heavy atom. The van der Waals surface area contributed by atoms with Crippen molar-refractivity contribution in [2.24, 2.45) is 11.0 Å². The van der Waals surface area contributed by atoms with Gasteiger partial charge in [0.15, 0.2) is 5.71 Å². The molecule has 2 atom stereocenters. The van der Waals surface area contributed by atoms with E-state index in [0.29, 0.717) is 22.1 Å². The van der Waals surface area contributed by atoms with Crippen molar-refractivity contribution < 1.29 is 23.9 Å². The van der Waals surface area contributed by atoms with Gasteiger partial charge in [0.1, 0.15) is 17.7 Å². The molecule has 0 unspecified atom stereocenters. The number of carbonyl (C=O) groups is 3. The van der Waals surface area contributed by atoms with Crippen LogP contribution in [0.25, 0.3) is 0 Å². The minimum absolute atomic E-state index is 0.104. The number of nitrogens with zero attached hydrogens (tertiary/aromatic N) is 3. The first kappa shape index (κ1) is 19.9. The molecule has 0 N–H and O–H groups in total. The molecule has 2 aromatic carbocycles. The van der Waals surface area contributed by atoms with E-state index in [4.69, 9.17) is 21.1 Å². The molecule has 30 heavy (non-hydrogen) atoms. The average Bonchev–Trinajstić information content (AvgIpc) is 3.26. The highest BCUT2D eigenvalue weighted by Gasteiger charge is 2.59. The molecule has 2 aliphatic rings. The zero-order chi connectivity index (χ0) is 21.4. The van der Waals surface area contributed by atoms with E-state index in [2.05, 4.69) is 5.10 Å². The molecule has 2 aliphatic heterocycles. The van der Waals surface area contributed by atoms with Crippen LogP contribution in [0.4, 0.5) is 11.4 Å². The van der Waals surface area contributed by atoms with Gasteiger partial charge in [-0.3, -0.25) is 14.6 Å². The molecule has 154 valence electrons. The Hall–Kier alpha value is -3.39. The summed E-state index contributed by atoms with van der Waals surface area (Å²) in [6.45, 7) is 1.78. The quantitative estimate of drug-likeness (QED) is 0.538. The van der Waals surface area contributed by atoms with Crippen molar-refractivity contribution in [2.75, 3.05) is 23.6 Å². The number of carbonyl (C=O) groups excluding carboxylic acids is 3. The summed E-state index contributed by atoms with van der Waals surface area (Å²) < 4.78 is 10.4. The summed E-state index contributed by atoms with van der Waals surface area (Å²) in [5.41, 5.74) is 0.730. The van der Waals surface area contributed by atoms with Crippen LogP contribution in [0, 0.1) is 5.92 Å². The van der Waals surface area contributed by atoms with Crippen molar-refractivity contribution >= 4 is 46.5 Å². The highest BCUT2D eigenvalue weighted by Crippen LogP contribution is 2.40. The molecule has 1 saturated heterocycles. The van der Waals surface area contributed by atoms with Crippen LogP contribution in [0.2, 0.25) is 5.02 Å². The fourth-order valence-corrected chi connectivity index (χ4v) is 3.77. The maximum absolute atomic E-state index is 13.4. The summed E-state index contributed by atoms with van der Waals surface area (Å²) in [6, 6.07) is 12.3. The van der Waals surface area contributed by atoms with E-state index in [0.717, 1.165) is 4.90 Å². The number of hydrogen-bond acceptors (Lipinski definition) is 7. The summed E-state index contributed by atoms with van der Waals surface area (Å²) in [6.07, 6.45) is 0. The first-order chi connectivity index (χ1) is 14.5. The number of benzene rings is 2. The van der Waals surface area contributed by atoms with Crippen LogP contribution < -0.4 is 14.6 Å². The average molecular weight is 428 g/mol. The van der Waals surface area contributed by atoms with Crippen molar-refractivity contribution in [3.63, 3.8) is 0 Å². The largest absolute Gasteiger partial charge is 0.495 e. The van der Waals surface area contributed by atoms with Gasteiger partial charge in [0, 0.05) is 5.02 Å². The Morgan fingerprint density at radius 2 is 1.80 bits per heavy atom. The molecule has 0 saturated carbocycles. The third-order valence-corrected chi connectivity index (χ3v) is 5.20. The predicted octanol–water partition coefficient (Wildman–Crippen LogP) is 2.65. The van der Waals surface area contributed by atoms with Crippen LogP contribution in [0.5, 0.6) is 5.75 Å². The zero-order valence-electron chi connectivity index (χ0n) is 16.2. The normalized spacial score (nSPS) is 20.3. The van der Waals surface area contributed by atoms with Crippen LogP contribution in [-0.4, -0.2) is 43.3 Å². The van der Waals surface area contributed by atoms with Gasteiger partial charge in [-0.2, -0.15) is 5.10 Å².